The van der Waals surface area contributed by atoms with E-state index in [2.05, 4.69) is 5.32 Å². The van der Waals surface area contributed by atoms with Gasteiger partial charge in [0, 0.05) is 26.2 Å². The molecule has 5 nitrogen and oxygen atoms in total. The lowest BCUT2D eigenvalue weighted by Gasteiger charge is -2.27. The van der Waals surface area contributed by atoms with Gasteiger partial charge in [0.15, 0.2) is 24.7 Å². The predicted molar refractivity (Wildman–Crippen MR) is 72.9 cm³/mol. The summed E-state index contributed by atoms with van der Waals surface area (Å²) >= 11 is 0. The molecule has 1 aromatic carbocycles. The highest BCUT2D eigenvalue weighted by Crippen LogP contribution is 2.28. The highest BCUT2D eigenvalue weighted by molar-refractivity contribution is 5.78. The van der Waals surface area contributed by atoms with E-state index < -0.39 is 12.8 Å². The van der Waals surface area contributed by atoms with E-state index in [4.69, 9.17) is 9.47 Å². The summed E-state index contributed by atoms with van der Waals surface area (Å²) < 4.78 is 46.6. The van der Waals surface area contributed by atoms with Crippen LogP contribution in [0.1, 0.15) is 0 Å². The van der Waals surface area contributed by atoms with E-state index in [1.807, 2.05) is 0 Å². The number of ether oxygens (including phenoxy) is 2. The van der Waals surface area contributed by atoms with Crippen LogP contribution >= 0.6 is 0 Å². The molecule has 1 aliphatic rings. The summed E-state index contributed by atoms with van der Waals surface area (Å²) in [6.45, 7) is 0.988. The highest BCUT2D eigenvalue weighted by Gasteiger charge is 2.29. The Bertz CT molecular complexity index is 502. The Labute approximate surface area is 126 Å². The number of nitrogens with one attached hydrogen (secondary N) is 1. The molecule has 2 rings (SSSR count). The molecular formula is C14H17F3N2O3. The van der Waals surface area contributed by atoms with Gasteiger partial charge in [0.25, 0.3) is 5.91 Å². The van der Waals surface area contributed by atoms with Crippen LogP contribution in [0.5, 0.6) is 11.5 Å². The van der Waals surface area contributed by atoms with Gasteiger partial charge in [-0.25, -0.2) is 0 Å². The van der Waals surface area contributed by atoms with Crippen molar-refractivity contribution in [2.24, 2.45) is 0 Å². The quantitative estimate of drug-likeness (QED) is 0.892. The number of benzene rings is 1. The van der Waals surface area contributed by atoms with Crippen LogP contribution < -0.4 is 14.8 Å². The molecule has 1 heterocycles. The van der Waals surface area contributed by atoms with Crippen molar-refractivity contribution in [3.8, 4) is 11.5 Å². The maximum Gasteiger partial charge on any atom is 0.422 e. The van der Waals surface area contributed by atoms with Crippen molar-refractivity contribution >= 4 is 5.91 Å². The summed E-state index contributed by atoms with van der Waals surface area (Å²) in [6, 6.07) is 5.98. The summed E-state index contributed by atoms with van der Waals surface area (Å²) in [4.78, 5) is 13.6. The third-order valence-electron chi connectivity index (χ3n) is 3.06. The Morgan fingerprint density at radius 1 is 1.14 bits per heavy atom. The molecule has 1 aliphatic heterocycles. The van der Waals surface area contributed by atoms with Crippen molar-refractivity contribution in [3.63, 3.8) is 0 Å². The van der Waals surface area contributed by atoms with E-state index >= 15 is 0 Å². The summed E-state index contributed by atoms with van der Waals surface area (Å²) in [7, 11) is 0. The highest BCUT2D eigenvalue weighted by atomic mass is 19.4. The molecule has 8 heteroatoms. The summed E-state index contributed by atoms with van der Waals surface area (Å²) in [5, 5.41) is 3.12. The van der Waals surface area contributed by atoms with E-state index in [-0.39, 0.29) is 24.0 Å². The Morgan fingerprint density at radius 2 is 1.73 bits per heavy atom. The van der Waals surface area contributed by atoms with Crippen LogP contribution in [0, 0.1) is 0 Å². The van der Waals surface area contributed by atoms with Crippen molar-refractivity contribution < 1.29 is 27.4 Å². The van der Waals surface area contributed by atoms with Gasteiger partial charge in [-0.15, -0.1) is 0 Å². The van der Waals surface area contributed by atoms with Crippen molar-refractivity contribution in [2.45, 2.75) is 6.18 Å². The minimum atomic E-state index is -4.43. The minimum Gasteiger partial charge on any atom is -0.480 e. The van der Waals surface area contributed by atoms with Crippen LogP contribution in [0.2, 0.25) is 0 Å². The molecular weight excluding hydrogens is 301 g/mol. The van der Waals surface area contributed by atoms with Gasteiger partial charge in [-0.05, 0) is 12.1 Å². The van der Waals surface area contributed by atoms with E-state index in [1.54, 1.807) is 11.0 Å². The summed E-state index contributed by atoms with van der Waals surface area (Å²) in [5.41, 5.74) is 0. The molecule has 1 aromatic rings. The SMILES string of the molecule is O=C(COc1ccccc1OCC(F)(F)F)N1CCNCC1. The first-order valence-corrected chi connectivity index (χ1v) is 6.85. The second kappa shape index (κ2) is 7.35. The van der Waals surface area contributed by atoms with Crippen molar-refractivity contribution in [1.82, 2.24) is 10.2 Å². The molecule has 22 heavy (non-hydrogen) atoms. The van der Waals surface area contributed by atoms with Gasteiger partial charge < -0.3 is 19.7 Å². The van der Waals surface area contributed by atoms with Gasteiger partial charge in [0.05, 0.1) is 0 Å². The second-order valence-electron chi connectivity index (χ2n) is 4.77. The van der Waals surface area contributed by atoms with E-state index in [0.29, 0.717) is 13.1 Å². The number of piperazine rings is 1. The summed E-state index contributed by atoms with van der Waals surface area (Å²) in [5.74, 6) is -0.115. The lowest BCUT2D eigenvalue weighted by molar-refractivity contribution is -0.153. The number of nitrogens with zero attached hydrogens (tertiary/aromatic N) is 1. The number of carbonyl (C=O) groups is 1. The number of hydrogen-bond donors (Lipinski definition) is 1. The van der Waals surface area contributed by atoms with Crippen LogP contribution in [0.3, 0.4) is 0 Å². The number of halogens is 3. The van der Waals surface area contributed by atoms with Gasteiger partial charge in [-0.1, -0.05) is 12.1 Å². The van der Waals surface area contributed by atoms with Crippen LogP contribution in [-0.2, 0) is 4.79 Å². The van der Waals surface area contributed by atoms with Crippen LogP contribution in [0.15, 0.2) is 24.3 Å². The van der Waals surface area contributed by atoms with E-state index in [9.17, 15) is 18.0 Å². The number of rotatable bonds is 5. The maximum absolute atomic E-state index is 12.2. The molecule has 0 spiro atoms. The maximum atomic E-state index is 12.2. The van der Waals surface area contributed by atoms with Crippen molar-refractivity contribution in [3.05, 3.63) is 24.3 Å². The zero-order valence-electron chi connectivity index (χ0n) is 11.9. The van der Waals surface area contributed by atoms with E-state index in [0.717, 1.165) is 13.1 Å². The van der Waals surface area contributed by atoms with Crippen LogP contribution in [-0.4, -0.2) is 56.4 Å². The first-order chi connectivity index (χ1) is 10.5. The fourth-order valence-corrected chi connectivity index (χ4v) is 1.99. The number of para-hydroxylation sites is 2. The van der Waals surface area contributed by atoms with Gasteiger partial charge in [-0.2, -0.15) is 13.2 Å². The lowest BCUT2D eigenvalue weighted by atomic mass is 10.3. The largest absolute Gasteiger partial charge is 0.480 e. The molecule has 122 valence electrons. The molecule has 1 saturated heterocycles. The van der Waals surface area contributed by atoms with Crippen molar-refractivity contribution in [1.29, 1.82) is 0 Å². The van der Waals surface area contributed by atoms with E-state index in [1.165, 1.54) is 18.2 Å². The Morgan fingerprint density at radius 3 is 2.32 bits per heavy atom. The molecule has 0 aliphatic carbocycles. The lowest BCUT2D eigenvalue weighted by Crippen LogP contribution is -2.47. The van der Waals surface area contributed by atoms with Crippen LogP contribution in [0.25, 0.3) is 0 Å². The third kappa shape index (κ3) is 5.10. The zero-order valence-corrected chi connectivity index (χ0v) is 11.9. The molecule has 1 fully saturated rings. The number of amides is 1. The normalized spacial score (nSPS) is 15.5. The minimum absolute atomic E-state index is 0.0343. The Kier molecular flexibility index (Phi) is 5.48. The Balaban J connectivity index is 1.90. The smallest absolute Gasteiger partial charge is 0.422 e. The van der Waals surface area contributed by atoms with Crippen molar-refractivity contribution in [2.75, 3.05) is 39.4 Å². The Hall–Kier alpha value is -1.96. The molecule has 0 atom stereocenters. The molecule has 0 aromatic heterocycles. The fourth-order valence-electron chi connectivity index (χ4n) is 1.99. The average Bonchev–Trinajstić information content (AvgIpc) is 2.51. The fraction of sp³-hybridized carbons (Fsp3) is 0.500. The average molecular weight is 318 g/mol. The third-order valence-corrected chi connectivity index (χ3v) is 3.06. The monoisotopic (exact) mass is 318 g/mol. The molecule has 0 bridgehead atoms. The number of alkyl halides is 3. The molecule has 0 radical (unpaired) electrons. The summed E-state index contributed by atoms with van der Waals surface area (Å²) in [6.07, 6.45) is -4.43. The molecule has 0 saturated carbocycles. The van der Waals surface area contributed by atoms with Crippen LogP contribution in [0.4, 0.5) is 13.2 Å². The zero-order chi connectivity index (χ0) is 16.0. The number of hydrogen-bond acceptors (Lipinski definition) is 4. The predicted octanol–water partition coefficient (Wildman–Crippen LogP) is 1.44. The topological polar surface area (TPSA) is 50.8 Å². The molecule has 0 unspecified atom stereocenters. The number of carbonyl (C=O) groups excluding carboxylic acids is 1. The van der Waals surface area contributed by atoms with Gasteiger partial charge >= 0.3 is 6.18 Å². The second-order valence-corrected chi connectivity index (χ2v) is 4.77. The molecule has 1 N–H and O–H groups in total. The standard InChI is InChI=1S/C14H17F3N2O3/c15-14(16,17)10-22-12-4-2-1-3-11(12)21-9-13(20)19-7-5-18-6-8-19/h1-4,18H,5-10H2. The first-order valence-electron chi connectivity index (χ1n) is 6.85. The molecule has 1 amide bonds. The van der Waals surface area contributed by atoms with Gasteiger partial charge in [0.1, 0.15) is 0 Å². The first kappa shape index (κ1) is 16.4. The van der Waals surface area contributed by atoms with Gasteiger partial charge in [-0.3, -0.25) is 4.79 Å². The van der Waals surface area contributed by atoms with Gasteiger partial charge in [0.2, 0.25) is 0 Å².